The van der Waals surface area contributed by atoms with Crippen molar-refractivity contribution in [2.75, 3.05) is 6.73 Å². The molecule has 3 nitrogen and oxygen atoms in total. The monoisotopic (exact) mass is 129 g/mol. The topological polar surface area (TPSA) is 35.5 Å². The van der Waals surface area contributed by atoms with Crippen LogP contribution in [-0.2, 0) is 5.11 Å². The second-order valence-electron chi connectivity index (χ2n) is 1.18. The lowest BCUT2D eigenvalue weighted by Gasteiger charge is -2.10. The summed E-state index contributed by atoms with van der Waals surface area (Å²) in [6.45, 7) is -0.286. The molecule has 0 N–H and O–H groups in total. The molecule has 1 radical (unpaired) electrons. The minimum absolute atomic E-state index is 0.286. The van der Waals surface area contributed by atoms with Crippen molar-refractivity contribution < 1.29 is 5.11 Å². The Bertz CT molecular complexity index is 123. The lowest BCUT2D eigenvalue weighted by atomic mass is 10.7. The summed E-state index contributed by atoms with van der Waals surface area (Å²) in [4.78, 5) is 0. The van der Waals surface area contributed by atoms with Gasteiger partial charge in [0.2, 0.25) is 0 Å². The molecule has 0 aliphatic carbocycles. The molecule has 0 aromatic heterocycles. The molecule has 1 heterocycles. The van der Waals surface area contributed by atoms with E-state index in [0.29, 0.717) is 0 Å². The SMILES string of the molecule is [O]CN1N=CC=CS1. The second-order valence-corrected chi connectivity index (χ2v) is 2.08. The number of hydrogen-bond donors (Lipinski definition) is 0. The normalized spacial score (nSPS) is 17.4. The molecule has 0 atom stereocenters. The Hall–Kier alpha value is -0.480. The summed E-state index contributed by atoms with van der Waals surface area (Å²) in [5.41, 5.74) is 0. The molecule has 0 aromatic carbocycles. The highest BCUT2D eigenvalue weighted by Crippen LogP contribution is 2.12. The molecule has 0 spiro atoms. The number of nitrogens with zero attached hydrogens (tertiary/aromatic N) is 2. The van der Waals surface area contributed by atoms with E-state index in [9.17, 15) is 5.11 Å². The third-order valence-electron chi connectivity index (χ3n) is 0.653. The Kier molecular flexibility index (Phi) is 1.93. The molecule has 43 valence electrons. The van der Waals surface area contributed by atoms with Crippen LogP contribution in [-0.4, -0.2) is 17.4 Å². The zero-order chi connectivity index (χ0) is 5.82. The van der Waals surface area contributed by atoms with Crippen molar-refractivity contribution in [3.8, 4) is 0 Å². The van der Waals surface area contributed by atoms with Crippen molar-refractivity contribution in [3.63, 3.8) is 0 Å². The van der Waals surface area contributed by atoms with Gasteiger partial charge in [0.25, 0.3) is 0 Å². The molecule has 0 amide bonds. The van der Waals surface area contributed by atoms with E-state index >= 15 is 0 Å². The summed E-state index contributed by atoms with van der Waals surface area (Å²) in [5, 5.41) is 15.6. The first kappa shape index (κ1) is 5.65. The van der Waals surface area contributed by atoms with Crippen LogP contribution in [0.2, 0.25) is 0 Å². The van der Waals surface area contributed by atoms with Gasteiger partial charge in [-0.15, -0.1) is 0 Å². The highest BCUT2D eigenvalue weighted by Gasteiger charge is 1.97. The van der Waals surface area contributed by atoms with Gasteiger partial charge in [0.1, 0.15) is 0 Å². The van der Waals surface area contributed by atoms with Crippen LogP contribution in [0, 0.1) is 0 Å². The summed E-state index contributed by atoms with van der Waals surface area (Å²) in [5.74, 6) is 0. The maximum Gasteiger partial charge on any atom is 0.181 e. The van der Waals surface area contributed by atoms with Crippen LogP contribution in [0.1, 0.15) is 0 Å². The Morgan fingerprint density at radius 3 is 3.00 bits per heavy atom. The van der Waals surface area contributed by atoms with Gasteiger partial charge in [-0.1, -0.05) is 0 Å². The van der Waals surface area contributed by atoms with Gasteiger partial charge < -0.3 is 0 Å². The largest absolute Gasteiger partial charge is 0.210 e. The van der Waals surface area contributed by atoms with E-state index in [0.717, 1.165) is 0 Å². The molecule has 1 rings (SSSR count). The maximum atomic E-state index is 10.0. The van der Waals surface area contributed by atoms with E-state index < -0.39 is 0 Å². The lowest BCUT2D eigenvalue weighted by Crippen LogP contribution is -2.08. The molecular weight excluding hydrogens is 124 g/mol. The summed E-state index contributed by atoms with van der Waals surface area (Å²) >= 11 is 1.31. The van der Waals surface area contributed by atoms with Gasteiger partial charge in [0.05, 0.1) is 0 Å². The van der Waals surface area contributed by atoms with Gasteiger partial charge in [-0.25, -0.2) is 9.52 Å². The van der Waals surface area contributed by atoms with Crippen LogP contribution in [0.15, 0.2) is 16.6 Å². The van der Waals surface area contributed by atoms with Crippen LogP contribution in [0.25, 0.3) is 0 Å². The molecule has 0 aromatic rings. The zero-order valence-corrected chi connectivity index (χ0v) is 4.97. The Balaban J connectivity index is 2.40. The summed E-state index contributed by atoms with van der Waals surface area (Å²) < 4.78 is 1.36. The predicted octanol–water partition coefficient (Wildman–Crippen LogP) is 0.838. The van der Waals surface area contributed by atoms with E-state index in [4.69, 9.17) is 0 Å². The summed E-state index contributed by atoms with van der Waals surface area (Å²) in [7, 11) is 0. The van der Waals surface area contributed by atoms with Crippen LogP contribution in [0.4, 0.5) is 0 Å². The van der Waals surface area contributed by atoms with Gasteiger partial charge in [-0.3, -0.25) is 0 Å². The molecule has 0 unspecified atom stereocenters. The van der Waals surface area contributed by atoms with Crippen molar-refractivity contribution in [2.45, 2.75) is 0 Å². The number of hydrogen-bond acceptors (Lipinski definition) is 3. The van der Waals surface area contributed by atoms with Gasteiger partial charge in [0.15, 0.2) is 6.73 Å². The minimum atomic E-state index is -0.286. The lowest BCUT2D eigenvalue weighted by molar-refractivity contribution is 0.116. The smallest absolute Gasteiger partial charge is 0.181 e. The van der Waals surface area contributed by atoms with Crippen molar-refractivity contribution >= 4 is 18.2 Å². The molecule has 1 aliphatic heterocycles. The summed E-state index contributed by atoms with van der Waals surface area (Å²) in [6, 6.07) is 0. The molecule has 0 saturated heterocycles. The van der Waals surface area contributed by atoms with E-state index in [2.05, 4.69) is 5.10 Å². The first-order chi connectivity index (χ1) is 3.93. The molecule has 0 saturated carbocycles. The van der Waals surface area contributed by atoms with Gasteiger partial charge >= 0.3 is 0 Å². The highest BCUT2D eigenvalue weighted by molar-refractivity contribution is 7.99. The third-order valence-corrected chi connectivity index (χ3v) is 1.37. The highest BCUT2D eigenvalue weighted by atomic mass is 32.2. The maximum absolute atomic E-state index is 10.0. The molecule has 1 aliphatic rings. The van der Waals surface area contributed by atoms with Gasteiger partial charge in [0, 0.05) is 18.2 Å². The first-order valence-electron chi connectivity index (χ1n) is 2.15. The van der Waals surface area contributed by atoms with Crippen molar-refractivity contribution in [1.82, 2.24) is 4.41 Å². The fraction of sp³-hybridized carbons (Fsp3) is 0.250. The Morgan fingerprint density at radius 1 is 1.75 bits per heavy atom. The van der Waals surface area contributed by atoms with Crippen molar-refractivity contribution in [1.29, 1.82) is 0 Å². The Labute approximate surface area is 51.8 Å². The first-order valence-corrected chi connectivity index (χ1v) is 2.98. The standard InChI is InChI=1S/C4H5N2OS/c7-4-6-5-2-1-3-8-6/h1-3H,4H2. The van der Waals surface area contributed by atoms with E-state index in [-0.39, 0.29) is 6.73 Å². The molecule has 0 fully saturated rings. The van der Waals surface area contributed by atoms with Crippen molar-refractivity contribution in [3.05, 3.63) is 11.5 Å². The zero-order valence-electron chi connectivity index (χ0n) is 4.15. The van der Waals surface area contributed by atoms with Crippen LogP contribution >= 0.6 is 11.9 Å². The number of rotatable bonds is 1. The number of hydrazone groups is 1. The third kappa shape index (κ3) is 1.24. The number of allylic oxidation sites excluding steroid dienone is 1. The van der Waals surface area contributed by atoms with Crippen LogP contribution < -0.4 is 0 Å². The predicted molar refractivity (Wildman–Crippen MR) is 32.6 cm³/mol. The quantitative estimate of drug-likeness (QED) is 0.492. The van der Waals surface area contributed by atoms with Gasteiger partial charge in [-0.2, -0.15) is 5.10 Å². The average Bonchev–Trinajstić information content (AvgIpc) is 1.90. The van der Waals surface area contributed by atoms with Crippen LogP contribution in [0.3, 0.4) is 0 Å². The molecular formula is C4H5N2OS. The average molecular weight is 129 g/mol. The van der Waals surface area contributed by atoms with E-state index in [1.807, 2.05) is 5.41 Å². The molecule has 4 heteroatoms. The summed E-state index contributed by atoms with van der Waals surface area (Å²) in [6.07, 6.45) is 3.38. The van der Waals surface area contributed by atoms with Crippen LogP contribution in [0.5, 0.6) is 0 Å². The van der Waals surface area contributed by atoms with Gasteiger partial charge in [-0.05, 0) is 11.5 Å². The fourth-order valence-electron chi connectivity index (χ4n) is 0.344. The molecule has 0 bridgehead atoms. The van der Waals surface area contributed by atoms with E-state index in [1.54, 1.807) is 12.3 Å². The molecule has 8 heavy (non-hydrogen) atoms. The fourth-order valence-corrected chi connectivity index (χ4v) is 0.795. The van der Waals surface area contributed by atoms with E-state index in [1.165, 1.54) is 16.4 Å². The second kappa shape index (κ2) is 2.74. The minimum Gasteiger partial charge on any atom is -0.210 e. The van der Waals surface area contributed by atoms with Crippen molar-refractivity contribution in [2.24, 2.45) is 5.10 Å². The Morgan fingerprint density at radius 2 is 2.62 bits per heavy atom.